The minimum atomic E-state index is -0.696. The molecule has 0 amide bonds. The molecule has 0 radical (unpaired) electrons. The summed E-state index contributed by atoms with van der Waals surface area (Å²) in [6, 6.07) is 12.7. The third-order valence-electron chi connectivity index (χ3n) is 12.7. The van der Waals surface area contributed by atoms with E-state index in [9.17, 15) is 4.79 Å². The zero-order valence-electron chi connectivity index (χ0n) is 37.6. The van der Waals surface area contributed by atoms with Gasteiger partial charge in [0.05, 0.1) is 25.6 Å². The Kier molecular flexibility index (Phi) is 12.6. The van der Waals surface area contributed by atoms with Gasteiger partial charge in [-0.1, -0.05) is 0 Å². The molecule has 6 heterocycles. The largest absolute Gasteiger partial charge is 0.497 e. The SMILES string of the molecule is COc1cc(C)c(-n2cc(C)c3c(N4CCC(CC(=O)O)CC4)cc(C)nc32)c(C)c1.[C-]#[N+]CC1CCN(c2cc(C)nc3c2c(C)cn3-c2c(C)cc(OC)cc2C)CC1. The highest BCUT2D eigenvalue weighted by Crippen LogP contribution is 2.39. The Bertz CT molecular complexity index is 2590. The third kappa shape index (κ3) is 8.77. The quantitative estimate of drug-likeness (QED) is 0.144. The van der Waals surface area contributed by atoms with E-state index in [4.69, 9.17) is 31.1 Å². The van der Waals surface area contributed by atoms with E-state index in [1.165, 1.54) is 50.1 Å². The van der Waals surface area contributed by atoms with Gasteiger partial charge in [-0.15, -0.1) is 0 Å². The fraction of sp³-hybridized carbons (Fsp3) is 0.440. The lowest BCUT2D eigenvalue weighted by molar-refractivity contribution is -0.138. The number of carboxylic acid groups (broad SMARTS) is 1. The van der Waals surface area contributed by atoms with Crippen LogP contribution in [0.3, 0.4) is 0 Å². The van der Waals surface area contributed by atoms with Gasteiger partial charge in [0.1, 0.15) is 22.8 Å². The first-order chi connectivity index (χ1) is 29.2. The van der Waals surface area contributed by atoms with E-state index < -0.39 is 5.97 Å². The summed E-state index contributed by atoms with van der Waals surface area (Å²) in [6.07, 6.45) is 8.65. The van der Waals surface area contributed by atoms with Crippen molar-refractivity contribution in [2.45, 2.75) is 87.5 Å². The van der Waals surface area contributed by atoms with Gasteiger partial charge in [-0.2, -0.15) is 0 Å². The molecular weight excluding hydrogens is 763 g/mol. The summed E-state index contributed by atoms with van der Waals surface area (Å²) in [6.45, 7) is 28.5. The highest BCUT2D eigenvalue weighted by atomic mass is 16.5. The predicted molar refractivity (Wildman–Crippen MR) is 247 cm³/mol. The van der Waals surface area contributed by atoms with Gasteiger partial charge < -0.3 is 38.4 Å². The van der Waals surface area contributed by atoms with Crippen molar-refractivity contribution in [3.63, 3.8) is 0 Å². The van der Waals surface area contributed by atoms with Gasteiger partial charge in [-0.3, -0.25) is 4.79 Å². The van der Waals surface area contributed by atoms with E-state index in [0.29, 0.717) is 12.5 Å². The summed E-state index contributed by atoms with van der Waals surface area (Å²) in [5, 5.41) is 11.5. The summed E-state index contributed by atoms with van der Waals surface area (Å²) in [4.78, 5) is 29.5. The number of carbonyl (C=O) groups is 1. The number of methoxy groups -OCH3 is 2. The molecule has 0 aliphatic carbocycles. The van der Waals surface area contributed by atoms with Gasteiger partial charge >= 0.3 is 5.97 Å². The molecule has 2 aliphatic rings. The maximum atomic E-state index is 11.1. The van der Waals surface area contributed by atoms with E-state index >= 15 is 0 Å². The number of benzene rings is 2. The molecule has 11 heteroatoms. The van der Waals surface area contributed by atoms with Crippen LogP contribution in [0.25, 0.3) is 38.3 Å². The molecule has 2 saturated heterocycles. The number of aliphatic carboxylic acids is 1. The topological polar surface area (TPSA) is 102 Å². The van der Waals surface area contributed by atoms with E-state index in [1.54, 1.807) is 14.2 Å². The summed E-state index contributed by atoms with van der Waals surface area (Å²) in [5.74, 6) is 1.85. The Labute approximate surface area is 360 Å². The van der Waals surface area contributed by atoms with Gasteiger partial charge in [0, 0.05) is 84.4 Å². The second-order valence-corrected chi connectivity index (χ2v) is 17.3. The van der Waals surface area contributed by atoms with Crippen molar-refractivity contribution in [1.29, 1.82) is 0 Å². The van der Waals surface area contributed by atoms with Crippen molar-refractivity contribution in [2.75, 3.05) is 56.7 Å². The highest BCUT2D eigenvalue weighted by molar-refractivity contribution is 5.96. The Morgan fingerprint density at radius 2 is 1.02 bits per heavy atom. The van der Waals surface area contributed by atoms with Crippen molar-refractivity contribution in [2.24, 2.45) is 11.8 Å². The number of piperidine rings is 2. The molecular formula is C50H61N7O4. The van der Waals surface area contributed by atoms with Crippen LogP contribution in [0, 0.1) is 73.8 Å². The molecule has 2 aliphatic heterocycles. The number of hydrogen-bond donors (Lipinski definition) is 1. The zero-order chi connectivity index (χ0) is 43.7. The normalized spacial score (nSPS) is 14.9. The molecule has 0 saturated carbocycles. The fourth-order valence-corrected chi connectivity index (χ4v) is 9.80. The number of fused-ring (bicyclic) bond motifs is 2. The molecule has 1 N–H and O–H groups in total. The van der Waals surface area contributed by atoms with Crippen LogP contribution in [0.2, 0.25) is 0 Å². The standard InChI is InChI=1S/C25H30N4O.C25H31N3O3/c1-16-11-21(30-6)12-17(2)24(16)29-15-18(3)23-22(13-19(4)27-25(23)29)28-9-7-20(8-10-28)14-26-5;1-15-10-20(31-5)11-16(2)24(15)28-14-17(3)23-21(12-18(4)26-25(23)28)27-8-6-19(7-9-27)13-22(29)30/h11-13,15,20H,7-10,14H2,1-4,6H3;10-12,14,19H,6-9,13H2,1-5H3,(H,29,30). The number of anilines is 2. The molecule has 61 heavy (non-hydrogen) atoms. The Morgan fingerprint density at radius 3 is 1.36 bits per heavy atom. The number of carboxylic acids is 1. The predicted octanol–water partition coefficient (Wildman–Crippen LogP) is 10.4. The van der Waals surface area contributed by atoms with Crippen LogP contribution in [-0.4, -0.2) is 77.1 Å². The lowest BCUT2D eigenvalue weighted by Gasteiger charge is -2.33. The number of aryl methyl sites for hydroxylation is 8. The van der Waals surface area contributed by atoms with Gasteiger partial charge in [0.25, 0.3) is 0 Å². The van der Waals surface area contributed by atoms with Crippen molar-refractivity contribution in [3.8, 4) is 22.9 Å². The molecule has 11 nitrogen and oxygen atoms in total. The second kappa shape index (κ2) is 17.9. The van der Waals surface area contributed by atoms with E-state index in [2.05, 4.69) is 121 Å². The lowest BCUT2D eigenvalue weighted by Crippen LogP contribution is -2.34. The van der Waals surface area contributed by atoms with Crippen LogP contribution >= 0.6 is 0 Å². The molecule has 8 rings (SSSR count). The van der Waals surface area contributed by atoms with E-state index in [1.807, 2.05) is 6.92 Å². The molecule has 0 unspecified atom stereocenters. The summed E-state index contributed by atoms with van der Waals surface area (Å²) < 4.78 is 15.4. The van der Waals surface area contributed by atoms with Crippen LogP contribution in [0.1, 0.15) is 76.9 Å². The smallest absolute Gasteiger partial charge is 0.303 e. The number of nitrogens with zero attached hydrogens (tertiary/aromatic N) is 7. The first-order valence-corrected chi connectivity index (χ1v) is 21.6. The van der Waals surface area contributed by atoms with Crippen LogP contribution in [0.4, 0.5) is 11.4 Å². The molecule has 2 aromatic carbocycles. The molecule has 0 atom stereocenters. The van der Waals surface area contributed by atoms with Gasteiger partial charge in [-0.25, -0.2) is 16.5 Å². The van der Waals surface area contributed by atoms with Crippen LogP contribution in [-0.2, 0) is 4.79 Å². The van der Waals surface area contributed by atoms with Crippen LogP contribution in [0.5, 0.6) is 11.5 Å². The monoisotopic (exact) mass is 823 g/mol. The van der Waals surface area contributed by atoms with Gasteiger partial charge in [-0.05, 0) is 157 Å². The fourth-order valence-electron chi connectivity index (χ4n) is 9.80. The summed E-state index contributed by atoms with van der Waals surface area (Å²) in [7, 11) is 3.40. The molecule has 4 aromatic heterocycles. The Morgan fingerprint density at radius 1 is 0.639 bits per heavy atom. The Balaban J connectivity index is 0.000000184. The minimum Gasteiger partial charge on any atom is -0.497 e. The van der Waals surface area contributed by atoms with Crippen molar-refractivity contribution >= 4 is 39.4 Å². The number of ether oxygens (including phenoxy) is 2. The number of hydrogen-bond acceptors (Lipinski definition) is 7. The van der Waals surface area contributed by atoms with Crippen LogP contribution < -0.4 is 19.3 Å². The molecule has 6 aromatic rings. The Hall–Kier alpha value is -6.02. The maximum absolute atomic E-state index is 11.1. The first kappa shape index (κ1) is 43.1. The van der Waals surface area contributed by atoms with E-state index in [0.717, 1.165) is 103 Å². The number of pyridine rings is 2. The average Bonchev–Trinajstić information content (AvgIpc) is 3.72. The maximum Gasteiger partial charge on any atom is 0.303 e. The van der Waals surface area contributed by atoms with Crippen molar-refractivity contribution < 1.29 is 19.4 Å². The van der Waals surface area contributed by atoms with E-state index in [-0.39, 0.29) is 12.3 Å². The van der Waals surface area contributed by atoms with Gasteiger partial charge in [0.15, 0.2) is 0 Å². The number of aromatic nitrogens is 4. The molecule has 0 spiro atoms. The van der Waals surface area contributed by atoms with Gasteiger partial charge in [0.2, 0.25) is 6.54 Å². The molecule has 2 fully saturated rings. The first-order valence-electron chi connectivity index (χ1n) is 21.6. The van der Waals surface area contributed by atoms with Crippen LogP contribution in [0.15, 0.2) is 48.8 Å². The van der Waals surface area contributed by atoms with Crippen molar-refractivity contribution in [3.05, 3.63) is 105 Å². The summed E-state index contributed by atoms with van der Waals surface area (Å²) in [5.41, 5.74) is 15.9. The summed E-state index contributed by atoms with van der Waals surface area (Å²) >= 11 is 0. The average molecular weight is 824 g/mol. The lowest BCUT2D eigenvalue weighted by atomic mass is 9.93. The second-order valence-electron chi connectivity index (χ2n) is 17.3. The highest BCUT2D eigenvalue weighted by Gasteiger charge is 2.27. The minimum absolute atomic E-state index is 0.266. The van der Waals surface area contributed by atoms with Crippen molar-refractivity contribution in [1.82, 2.24) is 19.1 Å². The molecule has 0 bridgehead atoms. The molecule has 320 valence electrons. The number of rotatable bonds is 9. The third-order valence-corrected chi connectivity index (χ3v) is 12.7. The zero-order valence-corrected chi connectivity index (χ0v) is 37.6.